The van der Waals surface area contributed by atoms with Crippen LogP contribution in [0.1, 0.15) is 26.7 Å². The summed E-state index contributed by atoms with van der Waals surface area (Å²) in [6.45, 7) is 5.23. The van der Waals surface area contributed by atoms with E-state index in [1.165, 1.54) is 0 Å². The number of para-hydroxylation sites is 2. The molecule has 1 amide bonds. The van der Waals surface area contributed by atoms with Crippen LogP contribution in [-0.4, -0.2) is 35.4 Å². The molecule has 5 heteroatoms. The second kappa shape index (κ2) is 8.63. The number of carbonyl (C=O) groups excluding carboxylic acids is 1. The molecule has 0 radical (unpaired) electrons. The van der Waals surface area contributed by atoms with E-state index < -0.39 is 0 Å². The fourth-order valence-corrected chi connectivity index (χ4v) is 3.27. The van der Waals surface area contributed by atoms with Crippen molar-refractivity contribution >= 4 is 23.2 Å². The monoisotopic (exact) mass is 350 g/mol. The van der Waals surface area contributed by atoms with Crippen molar-refractivity contribution in [3.8, 4) is 0 Å². The lowest BCUT2D eigenvalue weighted by Gasteiger charge is -2.27. The maximum atomic E-state index is 12.9. The summed E-state index contributed by atoms with van der Waals surface area (Å²) >= 11 is 0. The number of guanidine groups is 1. The first kappa shape index (κ1) is 18.1. The number of rotatable bonds is 4. The Kier molecular flexibility index (Phi) is 6.02. The lowest BCUT2D eigenvalue weighted by atomic mass is 10.2. The van der Waals surface area contributed by atoms with Crippen molar-refractivity contribution in [3.63, 3.8) is 0 Å². The van der Waals surface area contributed by atoms with Crippen LogP contribution in [0, 0.1) is 0 Å². The molecule has 26 heavy (non-hydrogen) atoms. The molecule has 0 spiro atoms. The number of benzene rings is 2. The number of hydrogen-bond acceptors (Lipinski definition) is 3. The largest absolute Gasteiger partial charge is 0.326 e. The number of amides is 1. The van der Waals surface area contributed by atoms with Crippen molar-refractivity contribution in [1.82, 2.24) is 10.2 Å². The molecule has 3 rings (SSSR count). The molecule has 0 aromatic heterocycles. The standard InChI is InChI=1S/C21H26N4O/c1-16(2)25-15-9-14-19(25)20(26)24-21(22-17-10-5-3-6-11-17)23-18-12-7-4-8-13-18/h3-8,10-13,16,19H,9,14-15H2,1-2H3,(H2,22,23,24,26)/t19-/m0/s1. The Morgan fingerprint density at radius 1 is 1.08 bits per heavy atom. The third-order valence-corrected chi connectivity index (χ3v) is 4.54. The number of nitrogens with zero attached hydrogens (tertiary/aromatic N) is 2. The van der Waals surface area contributed by atoms with E-state index in [1.807, 2.05) is 60.7 Å². The highest BCUT2D eigenvalue weighted by molar-refractivity contribution is 6.06. The average molecular weight is 350 g/mol. The normalized spacial score (nSPS) is 18.1. The van der Waals surface area contributed by atoms with E-state index in [-0.39, 0.29) is 11.9 Å². The van der Waals surface area contributed by atoms with E-state index in [4.69, 9.17) is 0 Å². The summed E-state index contributed by atoms with van der Waals surface area (Å²) in [6.07, 6.45) is 1.93. The van der Waals surface area contributed by atoms with E-state index in [1.54, 1.807) is 0 Å². The summed E-state index contributed by atoms with van der Waals surface area (Å²) in [5, 5.41) is 6.22. The third-order valence-electron chi connectivity index (χ3n) is 4.54. The van der Waals surface area contributed by atoms with Crippen molar-refractivity contribution in [2.24, 2.45) is 4.99 Å². The Morgan fingerprint density at radius 2 is 1.73 bits per heavy atom. The van der Waals surface area contributed by atoms with Gasteiger partial charge in [0.2, 0.25) is 11.9 Å². The quantitative estimate of drug-likeness (QED) is 0.652. The lowest BCUT2D eigenvalue weighted by molar-refractivity contribution is -0.124. The van der Waals surface area contributed by atoms with Gasteiger partial charge >= 0.3 is 0 Å². The number of hydrogen-bond donors (Lipinski definition) is 2. The summed E-state index contributed by atoms with van der Waals surface area (Å²) < 4.78 is 0. The summed E-state index contributed by atoms with van der Waals surface area (Å²) in [4.78, 5) is 19.7. The maximum Gasteiger partial charge on any atom is 0.244 e. The van der Waals surface area contributed by atoms with Crippen LogP contribution in [0.25, 0.3) is 0 Å². The minimum Gasteiger partial charge on any atom is -0.326 e. The Hall–Kier alpha value is -2.66. The molecule has 0 saturated carbocycles. The smallest absolute Gasteiger partial charge is 0.244 e. The zero-order chi connectivity index (χ0) is 18.4. The van der Waals surface area contributed by atoms with Gasteiger partial charge in [-0.1, -0.05) is 36.4 Å². The second-order valence-corrected chi connectivity index (χ2v) is 6.77. The zero-order valence-electron chi connectivity index (χ0n) is 15.4. The molecular formula is C21H26N4O. The molecule has 1 aliphatic heterocycles. The van der Waals surface area contributed by atoms with Crippen LogP contribution >= 0.6 is 0 Å². The second-order valence-electron chi connectivity index (χ2n) is 6.77. The summed E-state index contributed by atoms with van der Waals surface area (Å²) in [6, 6.07) is 19.6. The number of nitrogens with one attached hydrogen (secondary N) is 2. The van der Waals surface area contributed by atoms with E-state index in [9.17, 15) is 4.79 Å². The minimum absolute atomic E-state index is 0.00527. The van der Waals surface area contributed by atoms with Gasteiger partial charge in [0.05, 0.1) is 11.7 Å². The van der Waals surface area contributed by atoms with Gasteiger partial charge < -0.3 is 5.32 Å². The van der Waals surface area contributed by atoms with Gasteiger partial charge in [0.1, 0.15) is 0 Å². The van der Waals surface area contributed by atoms with Crippen molar-refractivity contribution in [2.75, 3.05) is 11.9 Å². The first-order chi connectivity index (χ1) is 12.6. The third kappa shape index (κ3) is 4.70. The number of aliphatic imine (C=N–C) groups is 1. The lowest BCUT2D eigenvalue weighted by Crippen LogP contribution is -2.49. The van der Waals surface area contributed by atoms with Crippen LogP contribution < -0.4 is 10.6 Å². The topological polar surface area (TPSA) is 56.7 Å². The molecule has 0 bridgehead atoms. The Balaban J connectivity index is 1.79. The van der Waals surface area contributed by atoms with Crippen LogP contribution in [0.4, 0.5) is 11.4 Å². The molecule has 2 aromatic carbocycles. The van der Waals surface area contributed by atoms with Gasteiger partial charge in [-0.25, -0.2) is 4.99 Å². The van der Waals surface area contributed by atoms with Gasteiger partial charge in [0.15, 0.2) is 0 Å². The molecule has 1 saturated heterocycles. The first-order valence-electron chi connectivity index (χ1n) is 9.16. The molecular weight excluding hydrogens is 324 g/mol. The molecule has 136 valence electrons. The van der Waals surface area contributed by atoms with Gasteiger partial charge in [0, 0.05) is 11.7 Å². The highest BCUT2D eigenvalue weighted by atomic mass is 16.2. The van der Waals surface area contributed by atoms with Crippen LogP contribution in [0.15, 0.2) is 65.7 Å². The maximum absolute atomic E-state index is 12.9. The Labute approximate surface area is 155 Å². The van der Waals surface area contributed by atoms with Gasteiger partial charge in [-0.05, 0) is 57.5 Å². The van der Waals surface area contributed by atoms with Crippen molar-refractivity contribution in [1.29, 1.82) is 0 Å². The molecule has 2 N–H and O–H groups in total. The number of anilines is 1. The van der Waals surface area contributed by atoms with E-state index in [0.717, 1.165) is 30.8 Å². The predicted molar refractivity (Wildman–Crippen MR) is 107 cm³/mol. The van der Waals surface area contributed by atoms with E-state index in [2.05, 4.69) is 34.4 Å². The predicted octanol–water partition coefficient (Wildman–Crippen LogP) is 3.78. The molecule has 2 aromatic rings. The zero-order valence-corrected chi connectivity index (χ0v) is 15.4. The van der Waals surface area contributed by atoms with Crippen molar-refractivity contribution < 1.29 is 4.79 Å². The van der Waals surface area contributed by atoms with Crippen LogP contribution in [0.5, 0.6) is 0 Å². The Morgan fingerprint density at radius 3 is 2.38 bits per heavy atom. The van der Waals surface area contributed by atoms with Gasteiger partial charge in [-0.3, -0.25) is 15.0 Å². The molecule has 0 unspecified atom stereocenters. The van der Waals surface area contributed by atoms with Crippen LogP contribution in [0.3, 0.4) is 0 Å². The molecule has 1 aliphatic rings. The molecule has 1 heterocycles. The van der Waals surface area contributed by atoms with E-state index >= 15 is 0 Å². The van der Waals surface area contributed by atoms with Crippen LogP contribution in [-0.2, 0) is 4.79 Å². The number of likely N-dealkylation sites (tertiary alicyclic amines) is 1. The minimum atomic E-state index is -0.103. The summed E-state index contributed by atoms with van der Waals surface area (Å²) in [5.41, 5.74) is 1.67. The van der Waals surface area contributed by atoms with Gasteiger partial charge in [0.25, 0.3) is 0 Å². The molecule has 0 aliphatic carbocycles. The van der Waals surface area contributed by atoms with Crippen molar-refractivity contribution in [3.05, 3.63) is 60.7 Å². The fourth-order valence-electron chi connectivity index (χ4n) is 3.27. The number of carbonyl (C=O) groups is 1. The Bertz CT molecular complexity index is 743. The first-order valence-corrected chi connectivity index (χ1v) is 9.16. The van der Waals surface area contributed by atoms with Crippen LogP contribution in [0.2, 0.25) is 0 Å². The van der Waals surface area contributed by atoms with Gasteiger partial charge in [-0.15, -0.1) is 0 Å². The highest BCUT2D eigenvalue weighted by Gasteiger charge is 2.32. The fraction of sp³-hybridized carbons (Fsp3) is 0.333. The highest BCUT2D eigenvalue weighted by Crippen LogP contribution is 2.20. The summed E-state index contributed by atoms with van der Waals surface area (Å²) in [5.74, 6) is 0.442. The van der Waals surface area contributed by atoms with Crippen molar-refractivity contribution in [2.45, 2.75) is 38.8 Å². The van der Waals surface area contributed by atoms with E-state index in [0.29, 0.717) is 12.0 Å². The molecule has 1 atom stereocenters. The average Bonchev–Trinajstić information content (AvgIpc) is 3.14. The molecule has 1 fully saturated rings. The summed E-state index contributed by atoms with van der Waals surface area (Å²) in [7, 11) is 0. The molecule has 5 nitrogen and oxygen atoms in total. The SMILES string of the molecule is CC(C)N1CCC[C@H]1C(=O)NC(=Nc1ccccc1)Nc1ccccc1. The van der Waals surface area contributed by atoms with Gasteiger partial charge in [-0.2, -0.15) is 0 Å².